The third-order valence-corrected chi connectivity index (χ3v) is 3.91. The van der Waals surface area contributed by atoms with E-state index in [1.165, 1.54) is 12.0 Å². The van der Waals surface area contributed by atoms with Gasteiger partial charge < -0.3 is 10.6 Å². The van der Waals surface area contributed by atoms with Crippen molar-refractivity contribution in [2.24, 2.45) is 10.7 Å². The van der Waals surface area contributed by atoms with Gasteiger partial charge >= 0.3 is 0 Å². The first kappa shape index (κ1) is 14.8. The molecule has 3 nitrogen and oxygen atoms in total. The van der Waals surface area contributed by atoms with Crippen molar-refractivity contribution in [3.8, 4) is 0 Å². The fraction of sp³-hybridized carbons (Fsp3) is 0.312. The van der Waals surface area contributed by atoms with Crippen LogP contribution >= 0.6 is 11.3 Å². The van der Waals surface area contributed by atoms with Crippen molar-refractivity contribution in [3.63, 3.8) is 0 Å². The molecule has 0 radical (unpaired) electrons. The molecule has 106 valence electrons. The van der Waals surface area contributed by atoms with Crippen LogP contribution in [0.4, 0.5) is 5.69 Å². The van der Waals surface area contributed by atoms with E-state index in [1.54, 1.807) is 11.3 Å². The van der Waals surface area contributed by atoms with Gasteiger partial charge in [-0.1, -0.05) is 25.1 Å². The lowest BCUT2D eigenvalue weighted by Crippen LogP contribution is -2.18. The number of rotatable bonds is 6. The van der Waals surface area contributed by atoms with Gasteiger partial charge in [0.2, 0.25) is 0 Å². The van der Waals surface area contributed by atoms with Crippen molar-refractivity contribution in [2.45, 2.75) is 19.9 Å². The van der Waals surface area contributed by atoms with Crippen molar-refractivity contribution in [3.05, 3.63) is 52.2 Å². The highest BCUT2D eigenvalue weighted by Gasteiger charge is 2.01. The molecule has 4 heteroatoms. The second kappa shape index (κ2) is 7.22. The average Bonchev–Trinajstić information content (AvgIpc) is 2.95. The van der Waals surface area contributed by atoms with E-state index >= 15 is 0 Å². The highest BCUT2D eigenvalue weighted by molar-refractivity contribution is 7.12. The Balaban J connectivity index is 2.03. The summed E-state index contributed by atoms with van der Waals surface area (Å²) in [6.45, 7) is 4.28. The maximum Gasteiger partial charge on any atom is 0.141 e. The third-order valence-electron chi connectivity index (χ3n) is 3.02. The van der Waals surface area contributed by atoms with Crippen molar-refractivity contribution in [1.29, 1.82) is 0 Å². The third kappa shape index (κ3) is 4.18. The molecule has 20 heavy (non-hydrogen) atoms. The minimum absolute atomic E-state index is 0.579. The van der Waals surface area contributed by atoms with Crippen LogP contribution in [-0.2, 0) is 6.54 Å². The molecule has 0 amide bonds. The number of thiophene rings is 1. The van der Waals surface area contributed by atoms with Crippen LogP contribution in [0.3, 0.4) is 0 Å². The summed E-state index contributed by atoms with van der Waals surface area (Å²) in [4.78, 5) is 7.78. The zero-order valence-electron chi connectivity index (χ0n) is 12.0. The predicted molar refractivity (Wildman–Crippen MR) is 87.8 cm³/mol. The second-order valence-corrected chi connectivity index (χ2v) is 5.83. The van der Waals surface area contributed by atoms with E-state index in [1.807, 2.05) is 29.6 Å². The SMILES string of the molecule is CCCN(C)Cc1ccc(/N=C(\N)c2cccs2)cc1. The monoisotopic (exact) mass is 287 g/mol. The maximum atomic E-state index is 5.98. The molecule has 2 rings (SSSR count). The normalized spacial score (nSPS) is 12.1. The molecule has 0 saturated carbocycles. The summed E-state index contributed by atoms with van der Waals surface area (Å²) in [7, 11) is 2.14. The molecule has 1 aromatic heterocycles. The van der Waals surface area contributed by atoms with E-state index in [0.29, 0.717) is 5.84 Å². The molecule has 0 atom stereocenters. The molecule has 0 unspecified atom stereocenters. The zero-order valence-corrected chi connectivity index (χ0v) is 12.9. The van der Waals surface area contributed by atoms with Gasteiger partial charge in [0.25, 0.3) is 0 Å². The van der Waals surface area contributed by atoms with Gasteiger partial charge in [-0.2, -0.15) is 0 Å². The minimum atomic E-state index is 0.579. The van der Waals surface area contributed by atoms with Crippen molar-refractivity contribution < 1.29 is 0 Å². The van der Waals surface area contributed by atoms with E-state index in [2.05, 4.69) is 36.0 Å². The first-order chi connectivity index (χ1) is 9.69. The standard InChI is InChI=1S/C16H21N3S/c1-3-10-19(2)12-13-6-8-14(9-7-13)18-16(17)15-5-4-11-20-15/h4-9,11H,3,10,12H2,1-2H3,(H2,17,18). The molecule has 2 N–H and O–H groups in total. The topological polar surface area (TPSA) is 41.6 Å². The van der Waals surface area contributed by atoms with Gasteiger partial charge in [-0.3, -0.25) is 0 Å². The Labute approximate surface area is 124 Å². The molecule has 0 saturated heterocycles. The van der Waals surface area contributed by atoms with Gasteiger partial charge in [-0.05, 0) is 49.2 Å². The van der Waals surface area contributed by atoms with Gasteiger partial charge in [-0.25, -0.2) is 4.99 Å². The Morgan fingerprint density at radius 1 is 1.25 bits per heavy atom. The lowest BCUT2D eigenvalue weighted by Gasteiger charge is -2.15. The van der Waals surface area contributed by atoms with Gasteiger partial charge in [0, 0.05) is 6.54 Å². The summed E-state index contributed by atoms with van der Waals surface area (Å²) in [5.74, 6) is 0.579. The van der Waals surface area contributed by atoms with Gasteiger partial charge in [0.05, 0.1) is 10.6 Å². The molecule has 1 aromatic carbocycles. The molecule has 0 aliphatic heterocycles. The number of amidine groups is 1. The number of nitrogens with zero attached hydrogens (tertiary/aromatic N) is 2. The van der Waals surface area contributed by atoms with Gasteiger partial charge in [0.15, 0.2) is 0 Å². The number of hydrogen-bond donors (Lipinski definition) is 1. The largest absolute Gasteiger partial charge is 0.383 e. The summed E-state index contributed by atoms with van der Waals surface area (Å²) in [5.41, 5.74) is 8.18. The molecule has 0 aliphatic rings. The summed E-state index contributed by atoms with van der Waals surface area (Å²) in [6, 6.07) is 12.2. The highest BCUT2D eigenvalue weighted by Crippen LogP contribution is 2.16. The van der Waals surface area contributed by atoms with Crippen LogP contribution in [0.15, 0.2) is 46.8 Å². The molecular weight excluding hydrogens is 266 g/mol. The van der Waals surface area contributed by atoms with Gasteiger partial charge in [-0.15, -0.1) is 11.3 Å². The quantitative estimate of drug-likeness (QED) is 0.651. The number of aliphatic imine (C=N–C) groups is 1. The lowest BCUT2D eigenvalue weighted by molar-refractivity contribution is 0.327. The summed E-state index contributed by atoms with van der Waals surface area (Å²) in [6.07, 6.45) is 1.18. The average molecular weight is 287 g/mol. The fourth-order valence-corrected chi connectivity index (χ4v) is 2.69. The van der Waals surface area contributed by atoms with E-state index < -0.39 is 0 Å². The van der Waals surface area contributed by atoms with Gasteiger partial charge in [0.1, 0.15) is 5.84 Å². The summed E-state index contributed by atoms with van der Waals surface area (Å²) >= 11 is 1.60. The van der Waals surface area contributed by atoms with Crippen LogP contribution in [0.5, 0.6) is 0 Å². The van der Waals surface area contributed by atoms with E-state index in [-0.39, 0.29) is 0 Å². The van der Waals surface area contributed by atoms with E-state index in [0.717, 1.165) is 23.7 Å². The molecule has 0 aliphatic carbocycles. The van der Waals surface area contributed by atoms with E-state index in [9.17, 15) is 0 Å². The molecule has 0 bridgehead atoms. The first-order valence-electron chi connectivity index (χ1n) is 6.84. The Kier molecular flexibility index (Phi) is 5.32. The van der Waals surface area contributed by atoms with Crippen LogP contribution < -0.4 is 5.73 Å². The number of benzene rings is 1. The molecule has 0 fully saturated rings. The van der Waals surface area contributed by atoms with Crippen molar-refractivity contribution >= 4 is 22.9 Å². The van der Waals surface area contributed by atoms with Crippen LogP contribution in [-0.4, -0.2) is 24.3 Å². The Morgan fingerprint density at radius 2 is 2.00 bits per heavy atom. The molecule has 0 spiro atoms. The molecule has 1 heterocycles. The minimum Gasteiger partial charge on any atom is -0.383 e. The summed E-state index contributed by atoms with van der Waals surface area (Å²) in [5, 5.41) is 2.00. The first-order valence-corrected chi connectivity index (χ1v) is 7.72. The number of nitrogens with two attached hydrogens (primary N) is 1. The van der Waals surface area contributed by atoms with Crippen molar-refractivity contribution in [1.82, 2.24) is 4.90 Å². The molecular formula is C16H21N3S. The maximum absolute atomic E-state index is 5.98. The Morgan fingerprint density at radius 3 is 2.60 bits per heavy atom. The fourth-order valence-electron chi connectivity index (χ4n) is 2.07. The zero-order chi connectivity index (χ0) is 14.4. The van der Waals surface area contributed by atoms with E-state index in [4.69, 9.17) is 5.73 Å². The predicted octanol–water partition coefficient (Wildman–Crippen LogP) is 3.63. The Hall–Kier alpha value is -1.65. The van der Waals surface area contributed by atoms with Crippen LogP contribution in [0.1, 0.15) is 23.8 Å². The van der Waals surface area contributed by atoms with Crippen LogP contribution in [0, 0.1) is 0 Å². The summed E-state index contributed by atoms with van der Waals surface area (Å²) < 4.78 is 0. The smallest absolute Gasteiger partial charge is 0.141 e. The molecule has 2 aromatic rings. The van der Waals surface area contributed by atoms with Crippen molar-refractivity contribution in [2.75, 3.05) is 13.6 Å². The Bertz CT molecular complexity index is 544. The van der Waals surface area contributed by atoms with Crippen LogP contribution in [0.25, 0.3) is 0 Å². The highest BCUT2D eigenvalue weighted by atomic mass is 32.1. The number of hydrogen-bond acceptors (Lipinski definition) is 3. The van der Waals surface area contributed by atoms with Crippen LogP contribution in [0.2, 0.25) is 0 Å². The lowest BCUT2D eigenvalue weighted by atomic mass is 10.2. The second-order valence-electron chi connectivity index (χ2n) is 4.88.